The molecule has 0 unspecified atom stereocenters. The Morgan fingerprint density at radius 1 is 1.25 bits per heavy atom. The van der Waals surface area contributed by atoms with E-state index in [1.165, 1.54) is 4.88 Å². The Morgan fingerprint density at radius 3 is 2.85 bits per heavy atom. The monoisotopic (exact) mass is 343 g/mol. The number of halogens is 1. The predicted octanol–water partition coefficient (Wildman–Crippen LogP) is 4.54. The molecule has 0 spiro atoms. The first-order chi connectivity index (χ1) is 9.76. The molecule has 3 nitrogen and oxygen atoms in total. The van der Waals surface area contributed by atoms with E-state index in [0.717, 1.165) is 26.9 Å². The lowest BCUT2D eigenvalue weighted by molar-refractivity contribution is 1.19. The molecule has 0 bridgehead atoms. The quantitative estimate of drug-likeness (QED) is 0.759. The normalized spacial score (nSPS) is 10.4. The number of nitriles is 1. The molecular formula is C15H10BrN3S. The van der Waals surface area contributed by atoms with Crippen LogP contribution >= 0.6 is 27.3 Å². The lowest BCUT2D eigenvalue weighted by atomic mass is 10.1. The zero-order valence-electron chi connectivity index (χ0n) is 10.4. The lowest BCUT2D eigenvalue weighted by Crippen LogP contribution is -2.00. The van der Waals surface area contributed by atoms with Gasteiger partial charge in [-0.15, -0.1) is 11.3 Å². The Hall–Kier alpha value is -1.90. The molecular weight excluding hydrogens is 334 g/mol. The molecule has 0 atom stereocenters. The molecule has 5 heteroatoms. The molecule has 0 aliphatic rings. The van der Waals surface area contributed by atoms with Gasteiger partial charge in [0.05, 0.1) is 9.30 Å². The molecule has 98 valence electrons. The molecule has 0 saturated carbocycles. The van der Waals surface area contributed by atoms with Crippen molar-refractivity contribution in [3.05, 3.63) is 56.8 Å². The van der Waals surface area contributed by atoms with Gasteiger partial charge < -0.3 is 5.32 Å². The van der Waals surface area contributed by atoms with Gasteiger partial charge in [-0.2, -0.15) is 5.26 Å². The fourth-order valence-corrected chi connectivity index (χ4v) is 3.43. The molecule has 20 heavy (non-hydrogen) atoms. The van der Waals surface area contributed by atoms with Crippen molar-refractivity contribution >= 4 is 43.9 Å². The van der Waals surface area contributed by atoms with Crippen molar-refractivity contribution in [1.82, 2.24) is 4.98 Å². The van der Waals surface area contributed by atoms with Crippen LogP contribution in [0.3, 0.4) is 0 Å². The number of rotatable bonds is 3. The molecule has 3 rings (SSSR count). The minimum atomic E-state index is 0.429. The van der Waals surface area contributed by atoms with Crippen LogP contribution in [0.25, 0.3) is 10.9 Å². The summed E-state index contributed by atoms with van der Waals surface area (Å²) in [6.45, 7) is 0.731. The van der Waals surface area contributed by atoms with Crippen LogP contribution in [-0.2, 0) is 6.54 Å². The Kier molecular flexibility index (Phi) is 3.68. The Bertz CT molecular complexity index is 804. The predicted molar refractivity (Wildman–Crippen MR) is 85.8 cm³/mol. The minimum absolute atomic E-state index is 0.429. The number of para-hydroxylation sites is 1. The van der Waals surface area contributed by atoms with E-state index in [2.05, 4.69) is 38.4 Å². The zero-order valence-corrected chi connectivity index (χ0v) is 12.8. The van der Waals surface area contributed by atoms with Gasteiger partial charge in [0.2, 0.25) is 0 Å². The van der Waals surface area contributed by atoms with E-state index < -0.39 is 0 Å². The van der Waals surface area contributed by atoms with E-state index >= 15 is 0 Å². The topological polar surface area (TPSA) is 48.7 Å². The van der Waals surface area contributed by atoms with Crippen LogP contribution in [0.2, 0.25) is 0 Å². The molecule has 0 radical (unpaired) electrons. The summed E-state index contributed by atoms with van der Waals surface area (Å²) in [7, 11) is 0. The Morgan fingerprint density at radius 2 is 2.10 bits per heavy atom. The van der Waals surface area contributed by atoms with E-state index in [1.807, 2.05) is 30.3 Å². The Balaban J connectivity index is 1.95. The van der Waals surface area contributed by atoms with Crippen molar-refractivity contribution < 1.29 is 0 Å². The molecule has 0 aliphatic carbocycles. The summed E-state index contributed by atoms with van der Waals surface area (Å²) in [5.41, 5.74) is 2.21. The van der Waals surface area contributed by atoms with Gasteiger partial charge in [-0.1, -0.05) is 18.2 Å². The van der Waals surface area contributed by atoms with Crippen molar-refractivity contribution in [2.75, 3.05) is 5.32 Å². The van der Waals surface area contributed by atoms with Crippen LogP contribution in [-0.4, -0.2) is 4.98 Å². The number of benzene rings is 1. The molecule has 0 aliphatic heterocycles. The molecule has 0 amide bonds. The molecule has 3 aromatic rings. The van der Waals surface area contributed by atoms with E-state index in [1.54, 1.807) is 17.4 Å². The lowest BCUT2D eigenvalue weighted by Gasteiger charge is -2.09. The number of nitrogens with one attached hydrogen (secondary N) is 1. The number of anilines is 1. The van der Waals surface area contributed by atoms with Gasteiger partial charge in [-0.05, 0) is 40.2 Å². The van der Waals surface area contributed by atoms with Crippen LogP contribution in [0.15, 0.2) is 46.3 Å². The number of aromatic nitrogens is 1. The molecule has 0 fully saturated rings. The average Bonchev–Trinajstić information content (AvgIpc) is 2.90. The van der Waals surface area contributed by atoms with Gasteiger partial charge in [0.25, 0.3) is 0 Å². The summed E-state index contributed by atoms with van der Waals surface area (Å²) in [5, 5.41) is 13.5. The summed E-state index contributed by atoms with van der Waals surface area (Å²) in [6.07, 6.45) is 0. The summed E-state index contributed by atoms with van der Waals surface area (Å²) in [4.78, 5) is 5.54. The molecule has 1 aromatic carbocycles. The fourth-order valence-electron chi connectivity index (χ4n) is 2.01. The summed E-state index contributed by atoms with van der Waals surface area (Å²) < 4.78 is 1.12. The summed E-state index contributed by atoms with van der Waals surface area (Å²) >= 11 is 5.15. The van der Waals surface area contributed by atoms with Gasteiger partial charge in [-0.25, -0.2) is 4.98 Å². The first-order valence-electron chi connectivity index (χ1n) is 6.04. The fraction of sp³-hybridized carbons (Fsp3) is 0.0667. The third-order valence-electron chi connectivity index (χ3n) is 2.91. The van der Waals surface area contributed by atoms with E-state index in [0.29, 0.717) is 5.69 Å². The van der Waals surface area contributed by atoms with Gasteiger partial charge in [0, 0.05) is 22.5 Å². The highest BCUT2D eigenvalue weighted by Gasteiger charge is 2.05. The van der Waals surface area contributed by atoms with Crippen molar-refractivity contribution in [2.24, 2.45) is 0 Å². The maximum Gasteiger partial charge on any atom is 0.143 e. The van der Waals surface area contributed by atoms with E-state index in [9.17, 15) is 0 Å². The van der Waals surface area contributed by atoms with E-state index in [4.69, 9.17) is 5.26 Å². The van der Waals surface area contributed by atoms with Gasteiger partial charge in [-0.3, -0.25) is 0 Å². The van der Waals surface area contributed by atoms with Crippen LogP contribution in [0.5, 0.6) is 0 Å². The number of hydrogen-bond acceptors (Lipinski definition) is 4. The van der Waals surface area contributed by atoms with Crippen LogP contribution in [0, 0.1) is 11.3 Å². The molecule has 2 aromatic heterocycles. The van der Waals surface area contributed by atoms with Crippen molar-refractivity contribution in [3.63, 3.8) is 0 Å². The Labute approximate surface area is 129 Å². The average molecular weight is 344 g/mol. The number of fused-ring (bicyclic) bond motifs is 1. The second kappa shape index (κ2) is 5.61. The second-order valence-corrected chi connectivity index (χ2v) is 6.79. The number of hydrogen-bond donors (Lipinski definition) is 1. The van der Waals surface area contributed by atoms with Crippen LogP contribution < -0.4 is 5.32 Å². The minimum Gasteiger partial charge on any atom is -0.380 e. The maximum absolute atomic E-state index is 9.07. The highest BCUT2D eigenvalue weighted by atomic mass is 79.9. The SMILES string of the molecule is N#Cc1cc(NCc2ccc(Br)s2)c2ccccc2n1. The molecule has 1 N–H and O–H groups in total. The summed E-state index contributed by atoms with van der Waals surface area (Å²) in [5.74, 6) is 0. The second-order valence-electron chi connectivity index (χ2n) is 4.24. The third kappa shape index (κ3) is 2.67. The smallest absolute Gasteiger partial charge is 0.143 e. The number of thiophene rings is 1. The highest BCUT2D eigenvalue weighted by molar-refractivity contribution is 9.11. The highest BCUT2D eigenvalue weighted by Crippen LogP contribution is 2.26. The largest absolute Gasteiger partial charge is 0.380 e. The van der Waals surface area contributed by atoms with Gasteiger partial charge in [0.15, 0.2) is 0 Å². The van der Waals surface area contributed by atoms with Crippen LogP contribution in [0.4, 0.5) is 5.69 Å². The third-order valence-corrected chi connectivity index (χ3v) is 4.54. The maximum atomic E-state index is 9.07. The van der Waals surface area contributed by atoms with Crippen molar-refractivity contribution in [2.45, 2.75) is 6.54 Å². The van der Waals surface area contributed by atoms with Crippen LogP contribution in [0.1, 0.15) is 10.6 Å². The van der Waals surface area contributed by atoms with Gasteiger partial charge in [0.1, 0.15) is 11.8 Å². The van der Waals surface area contributed by atoms with Gasteiger partial charge >= 0.3 is 0 Å². The first kappa shape index (κ1) is 13.1. The number of nitrogens with zero attached hydrogens (tertiary/aromatic N) is 2. The molecule has 2 heterocycles. The standard InChI is InChI=1S/C15H10BrN3S/c16-15-6-5-11(20-15)9-18-14-7-10(8-17)19-13-4-2-1-3-12(13)14/h1-7H,9H2,(H,18,19). The van der Waals surface area contributed by atoms with Crippen molar-refractivity contribution in [3.8, 4) is 6.07 Å². The zero-order chi connectivity index (χ0) is 13.9. The number of pyridine rings is 1. The summed E-state index contributed by atoms with van der Waals surface area (Å²) in [6, 6.07) is 15.8. The molecule has 0 saturated heterocycles. The van der Waals surface area contributed by atoms with E-state index in [-0.39, 0.29) is 0 Å². The van der Waals surface area contributed by atoms with Crippen molar-refractivity contribution in [1.29, 1.82) is 5.26 Å². The first-order valence-corrected chi connectivity index (χ1v) is 7.65.